The first kappa shape index (κ1) is 18.8. The van der Waals surface area contributed by atoms with Crippen LogP contribution >= 0.6 is 11.3 Å². The number of aromatic nitrogens is 3. The van der Waals surface area contributed by atoms with Crippen LogP contribution in [0.2, 0.25) is 0 Å². The summed E-state index contributed by atoms with van der Waals surface area (Å²) in [6.45, 7) is 0. The molecule has 6 aromatic carbocycles. The van der Waals surface area contributed by atoms with Crippen molar-refractivity contribution in [3.8, 4) is 17.2 Å². The summed E-state index contributed by atoms with van der Waals surface area (Å²) in [5.74, 6) is 0.276. The number of benzene rings is 6. The van der Waals surface area contributed by atoms with E-state index in [1.165, 1.54) is 14.8 Å². The van der Waals surface area contributed by atoms with E-state index in [9.17, 15) is 0 Å². The van der Waals surface area contributed by atoms with Crippen molar-refractivity contribution < 1.29 is 11.3 Å². The average molecular weight is 573 g/mol. The van der Waals surface area contributed by atoms with Gasteiger partial charge in [0.25, 0.3) is 0 Å². The third-order valence-electron chi connectivity index (χ3n) is 8.31. The highest BCUT2D eigenvalue weighted by molar-refractivity contribution is 7.27. The van der Waals surface area contributed by atoms with E-state index in [1.54, 1.807) is 11.3 Å². The predicted molar refractivity (Wildman–Crippen MR) is 179 cm³/mol. The molecule has 4 nitrogen and oxygen atoms in total. The molecule has 5 heteroatoms. The van der Waals surface area contributed by atoms with Crippen LogP contribution in [0.15, 0.2) is 132 Å². The fourth-order valence-corrected chi connectivity index (χ4v) is 7.84. The van der Waals surface area contributed by atoms with E-state index in [-0.39, 0.29) is 35.0 Å². The molecule has 0 aliphatic heterocycles. The smallest absolute Gasteiger partial charge is 0.238 e. The lowest BCUT2D eigenvalue weighted by Crippen LogP contribution is -2.03. The van der Waals surface area contributed by atoms with Gasteiger partial charge in [0.2, 0.25) is 11.7 Å². The molecule has 0 saturated heterocycles. The van der Waals surface area contributed by atoms with Crippen LogP contribution in [0.25, 0.3) is 92.0 Å². The van der Waals surface area contributed by atoms with Gasteiger partial charge in [-0.25, -0.2) is 4.98 Å². The molecule has 10 aromatic rings. The lowest BCUT2D eigenvalue weighted by atomic mass is 10.00. The molecule has 0 aliphatic carbocycles. The fraction of sp³-hybridized carbons (Fsp3) is 0. The van der Waals surface area contributed by atoms with Gasteiger partial charge in [0.15, 0.2) is 0 Å². The first-order valence-corrected chi connectivity index (χ1v) is 14.8. The number of rotatable bonds is 2. The Kier molecular flexibility index (Phi) is 3.72. The largest absolute Gasteiger partial charge is 0.437 e. The lowest BCUT2D eigenvalue weighted by molar-refractivity contribution is 0.651. The Morgan fingerprint density at radius 3 is 2.19 bits per heavy atom. The summed E-state index contributed by atoms with van der Waals surface area (Å²) < 4.78 is 53.7. The summed E-state index contributed by atoms with van der Waals surface area (Å²) in [5, 5.41) is 7.77. The summed E-state index contributed by atoms with van der Waals surface area (Å²) in [6.07, 6.45) is 0. The topological polar surface area (TPSA) is 43.9 Å². The first-order valence-electron chi connectivity index (χ1n) is 16.4. The van der Waals surface area contributed by atoms with Gasteiger partial charge in [-0.3, -0.25) is 4.57 Å². The normalized spacial score (nSPS) is 13.8. The van der Waals surface area contributed by atoms with Gasteiger partial charge in [0, 0.05) is 52.7 Å². The van der Waals surface area contributed by atoms with E-state index < -0.39 is 18.1 Å². The predicted octanol–water partition coefficient (Wildman–Crippen LogP) is 10.7. The van der Waals surface area contributed by atoms with Crippen molar-refractivity contribution in [2.45, 2.75) is 0 Å². The monoisotopic (exact) mass is 572 g/mol. The van der Waals surface area contributed by atoms with Crippen LogP contribution in [0, 0.1) is 0 Å². The molecule has 0 amide bonds. The third kappa shape index (κ3) is 3.09. The molecule has 43 heavy (non-hydrogen) atoms. The van der Waals surface area contributed by atoms with E-state index in [1.807, 2.05) is 53.1 Å². The zero-order valence-electron chi connectivity index (χ0n) is 27.4. The molecule has 0 saturated carbocycles. The zero-order valence-corrected chi connectivity index (χ0v) is 23.2. The van der Waals surface area contributed by atoms with Crippen molar-refractivity contribution in [1.82, 2.24) is 14.5 Å². The highest BCUT2D eigenvalue weighted by Crippen LogP contribution is 2.48. The van der Waals surface area contributed by atoms with Gasteiger partial charge in [-0.05, 0) is 18.2 Å². The molecule has 0 aliphatic rings. The van der Waals surface area contributed by atoms with Gasteiger partial charge < -0.3 is 4.42 Å². The Bertz CT molecular complexity index is 3000. The van der Waals surface area contributed by atoms with Crippen molar-refractivity contribution in [3.63, 3.8) is 0 Å². The van der Waals surface area contributed by atoms with Crippen LogP contribution in [0.1, 0.15) is 6.85 Å². The van der Waals surface area contributed by atoms with E-state index >= 15 is 0 Å². The molecule has 10 rings (SSSR count). The Hall–Kier alpha value is -5.52. The Labute approximate surface area is 256 Å². The number of thiophene rings is 1. The highest BCUT2D eigenvalue weighted by Gasteiger charge is 2.24. The number of hydrogen-bond donors (Lipinski definition) is 0. The van der Waals surface area contributed by atoms with Crippen molar-refractivity contribution in [2.75, 3.05) is 0 Å². The molecule has 0 N–H and O–H groups in total. The van der Waals surface area contributed by atoms with Crippen LogP contribution in [-0.4, -0.2) is 14.5 Å². The Morgan fingerprint density at radius 1 is 0.628 bits per heavy atom. The lowest BCUT2D eigenvalue weighted by Gasteiger charge is -2.11. The first-order chi connectivity index (χ1) is 23.4. The van der Waals surface area contributed by atoms with Crippen molar-refractivity contribution in [1.29, 1.82) is 0 Å². The maximum atomic E-state index is 8.90. The molecule has 0 fully saturated rings. The highest BCUT2D eigenvalue weighted by atomic mass is 32.1. The van der Waals surface area contributed by atoms with Crippen molar-refractivity contribution in [2.24, 2.45) is 0 Å². The Balaban J connectivity index is 1.45. The van der Waals surface area contributed by atoms with E-state index in [2.05, 4.69) is 48.5 Å². The molecular weight excluding hydrogens is 547 g/mol. The minimum atomic E-state index is -0.461. The molecule has 0 spiro atoms. The van der Waals surface area contributed by atoms with Gasteiger partial charge in [-0.1, -0.05) is 109 Å². The zero-order chi connectivity index (χ0) is 32.4. The van der Waals surface area contributed by atoms with Gasteiger partial charge in [0.05, 0.1) is 29.0 Å². The maximum Gasteiger partial charge on any atom is 0.238 e. The third-order valence-corrected chi connectivity index (χ3v) is 9.51. The number of nitrogens with zero attached hydrogens (tertiary/aromatic N) is 3. The minimum absolute atomic E-state index is 0.00181. The van der Waals surface area contributed by atoms with E-state index in [4.69, 9.17) is 21.2 Å². The second kappa shape index (κ2) is 8.51. The fourth-order valence-electron chi connectivity index (χ4n) is 6.59. The molecule has 0 radical (unpaired) electrons. The summed E-state index contributed by atoms with van der Waals surface area (Å²) in [4.78, 5) is 10.2. The van der Waals surface area contributed by atoms with E-state index in [0.29, 0.717) is 16.4 Å². The number of fused-ring (bicyclic) bond motifs is 13. The van der Waals surface area contributed by atoms with Crippen molar-refractivity contribution in [3.05, 3.63) is 127 Å². The summed E-state index contributed by atoms with van der Waals surface area (Å²) in [6, 6.07) is 30.4. The SMILES string of the molecule is [2H]c1c([2H])c([2H])c(-c2nc(-n3c4ccccc4c4c5c6ccccc6sc5c5ccccc5c43)nc3oc4ccccc4c23)c([2H])c1[2H]. The molecule has 200 valence electrons. The van der Waals surface area contributed by atoms with Gasteiger partial charge in [0.1, 0.15) is 5.58 Å². The quantitative estimate of drug-likeness (QED) is 0.207. The average Bonchev–Trinajstić information content (AvgIpc) is 3.80. The standard InChI is InChI=1S/C38H21N3OS/c1-2-12-22(13-3-1)34-33-26-17-7-10-20-29(26)42-37(33)40-38(39-34)41-28-19-9-6-16-25(28)31-32-27-18-8-11-21-30(27)43-36(32)24-15-5-4-14-23(24)35(31)41/h1-21H/i1D,2D,3D,12D,13D. The molecule has 0 bridgehead atoms. The van der Waals surface area contributed by atoms with Crippen LogP contribution in [0.3, 0.4) is 0 Å². The van der Waals surface area contributed by atoms with Gasteiger partial charge >= 0.3 is 0 Å². The number of para-hydroxylation sites is 2. The minimum Gasteiger partial charge on any atom is -0.437 e. The number of hydrogen-bond acceptors (Lipinski definition) is 4. The van der Waals surface area contributed by atoms with Gasteiger partial charge in [-0.2, -0.15) is 4.98 Å². The van der Waals surface area contributed by atoms with Crippen LogP contribution < -0.4 is 0 Å². The molecule has 0 atom stereocenters. The second-order valence-corrected chi connectivity index (χ2v) is 11.6. The molecule has 0 unspecified atom stereocenters. The molecular formula is C38H21N3OS. The van der Waals surface area contributed by atoms with Crippen LogP contribution in [-0.2, 0) is 0 Å². The van der Waals surface area contributed by atoms with Crippen LogP contribution in [0.4, 0.5) is 0 Å². The Morgan fingerprint density at radius 2 is 1.33 bits per heavy atom. The summed E-state index contributed by atoms with van der Waals surface area (Å²) in [7, 11) is 0. The second-order valence-electron chi connectivity index (χ2n) is 10.6. The van der Waals surface area contributed by atoms with Crippen molar-refractivity contribution >= 4 is 86.2 Å². The van der Waals surface area contributed by atoms with E-state index in [0.717, 1.165) is 38.0 Å². The summed E-state index contributed by atoms with van der Waals surface area (Å²) in [5.41, 5.74) is 2.84. The summed E-state index contributed by atoms with van der Waals surface area (Å²) >= 11 is 1.78. The molecule has 4 aromatic heterocycles. The maximum absolute atomic E-state index is 8.90. The molecule has 4 heterocycles. The van der Waals surface area contributed by atoms with Crippen LogP contribution in [0.5, 0.6) is 0 Å². The van der Waals surface area contributed by atoms with Gasteiger partial charge in [-0.15, -0.1) is 11.3 Å². The number of furan rings is 1.